The minimum Gasteiger partial charge on any atom is -0.469 e. The third-order valence-corrected chi connectivity index (χ3v) is 5.55. The van der Waals surface area contributed by atoms with Crippen molar-refractivity contribution in [2.45, 2.75) is 19.8 Å². The van der Waals surface area contributed by atoms with Crippen molar-refractivity contribution in [1.29, 1.82) is 0 Å². The number of hydrogen-bond acceptors (Lipinski definition) is 5. The maximum atomic E-state index is 12.3. The van der Waals surface area contributed by atoms with Gasteiger partial charge in [-0.25, -0.2) is 5.43 Å². The molecule has 1 aromatic heterocycles. The van der Waals surface area contributed by atoms with E-state index in [1.807, 2.05) is 24.3 Å². The molecule has 2 aromatic rings. The van der Waals surface area contributed by atoms with Crippen LogP contribution >= 0.6 is 11.6 Å². The van der Waals surface area contributed by atoms with Crippen LogP contribution in [0.25, 0.3) is 6.08 Å². The molecular formula is C23H24ClN3O3. The van der Waals surface area contributed by atoms with Gasteiger partial charge in [-0.05, 0) is 60.8 Å². The van der Waals surface area contributed by atoms with Crippen LogP contribution in [0.1, 0.15) is 34.5 Å². The molecule has 7 heteroatoms. The molecule has 30 heavy (non-hydrogen) atoms. The summed E-state index contributed by atoms with van der Waals surface area (Å²) in [5.41, 5.74) is 7.77. The Morgan fingerprint density at radius 1 is 1.17 bits per heavy atom. The van der Waals surface area contributed by atoms with E-state index in [9.17, 15) is 4.79 Å². The van der Waals surface area contributed by atoms with Crippen molar-refractivity contribution in [3.8, 4) is 0 Å². The molecule has 2 aliphatic rings. The number of amides is 1. The molecule has 1 aliphatic heterocycles. The van der Waals surface area contributed by atoms with Gasteiger partial charge in [0.1, 0.15) is 5.76 Å². The van der Waals surface area contributed by atoms with Gasteiger partial charge in [0.15, 0.2) is 0 Å². The van der Waals surface area contributed by atoms with Crippen molar-refractivity contribution in [2.24, 2.45) is 5.10 Å². The Balaban J connectivity index is 1.57. The first kappa shape index (κ1) is 20.4. The van der Waals surface area contributed by atoms with Crippen molar-refractivity contribution < 1.29 is 13.9 Å². The van der Waals surface area contributed by atoms with Gasteiger partial charge in [-0.2, -0.15) is 5.10 Å². The monoisotopic (exact) mass is 425 g/mol. The zero-order valence-electron chi connectivity index (χ0n) is 16.9. The summed E-state index contributed by atoms with van der Waals surface area (Å²) in [5, 5.41) is 4.95. The molecule has 1 fully saturated rings. The lowest BCUT2D eigenvalue weighted by Gasteiger charge is -2.31. The van der Waals surface area contributed by atoms with Crippen molar-refractivity contribution in [3.63, 3.8) is 0 Å². The number of halogens is 1. The zero-order valence-corrected chi connectivity index (χ0v) is 17.6. The summed E-state index contributed by atoms with van der Waals surface area (Å²) in [5.74, 6) is 0.297. The van der Waals surface area contributed by atoms with E-state index >= 15 is 0 Å². The number of hydrazone groups is 1. The molecule has 1 aromatic carbocycles. The van der Waals surface area contributed by atoms with Gasteiger partial charge in [-0.3, -0.25) is 4.79 Å². The molecule has 4 rings (SSSR count). The van der Waals surface area contributed by atoms with Crippen LogP contribution in [0.4, 0.5) is 0 Å². The molecule has 1 N–H and O–H groups in total. The highest BCUT2D eigenvalue weighted by Gasteiger charge is 2.25. The Morgan fingerprint density at radius 3 is 2.63 bits per heavy atom. The lowest BCUT2D eigenvalue weighted by Crippen LogP contribution is -2.36. The second kappa shape index (κ2) is 9.32. The van der Waals surface area contributed by atoms with E-state index in [1.54, 1.807) is 19.2 Å². The lowest BCUT2D eigenvalue weighted by atomic mass is 10.1. The van der Waals surface area contributed by atoms with E-state index < -0.39 is 0 Å². The van der Waals surface area contributed by atoms with Gasteiger partial charge in [0.05, 0.1) is 31.3 Å². The van der Waals surface area contributed by atoms with E-state index in [-0.39, 0.29) is 5.91 Å². The molecule has 156 valence electrons. The average molecular weight is 426 g/mol. The normalized spacial score (nSPS) is 18.6. The number of hydrogen-bond donors (Lipinski definition) is 1. The first-order valence-electron chi connectivity index (χ1n) is 10.0. The molecule has 1 aliphatic carbocycles. The van der Waals surface area contributed by atoms with Crippen LogP contribution in [0.15, 0.2) is 63.0 Å². The Morgan fingerprint density at radius 2 is 1.93 bits per heavy atom. The third-order valence-electron chi connectivity index (χ3n) is 5.30. The van der Waals surface area contributed by atoms with Gasteiger partial charge < -0.3 is 14.1 Å². The SMILES string of the molecule is Cc1occc1C(=O)N/N=C/C1=C(N2CCOCC2)C(=C/c2ccc(Cl)cc2)/CC1. The molecule has 0 radical (unpaired) electrons. The fourth-order valence-electron chi connectivity index (χ4n) is 3.78. The average Bonchev–Trinajstić information content (AvgIpc) is 3.36. The minimum absolute atomic E-state index is 0.277. The maximum absolute atomic E-state index is 12.3. The number of benzene rings is 1. The third kappa shape index (κ3) is 4.66. The van der Waals surface area contributed by atoms with Crippen LogP contribution in [-0.2, 0) is 4.74 Å². The Labute approximate surface area is 180 Å². The standard InChI is InChI=1S/C23H24ClN3O3/c1-16-21(8-11-30-16)23(28)26-25-15-19-5-4-18(14-17-2-6-20(24)7-3-17)22(19)27-9-12-29-13-10-27/h2-3,6-8,11,14-15H,4-5,9-10,12-13H2,1H3,(H,26,28)/b18-14+,25-15+. The summed E-state index contributed by atoms with van der Waals surface area (Å²) in [7, 11) is 0. The fourth-order valence-corrected chi connectivity index (χ4v) is 3.91. The summed E-state index contributed by atoms with van der Waals surface area (Å²) in [6.45, 7) is 4.84. The molecular weight excluding hydrogens is 402 g/mol. The quantitative estimate of drug-likeness (QED) is 0.568. The van der Waals surface area contributed by atoms with Crippen LogP contribution in [0.2, 0.25) is 5.02 Å². The second-order valence-corrected chi connectivity index (χ2v) is 7.72. The number of morpholine rings is 1. The second-order valence-electron chi connectivity index (χ2n) is 7.28. The summed E-state index contributed by atoms with van der Waals surface area (Å²) in [4.78, 5) is 14.6. The number of rotatable bonds is 5. The topological polar surface area (TPSA) is 67.1 Å². The van der Waals surface area contributed by atoms with Crippen molar-refractivity contribution in [2.75, 3.05) is 26.3 Å². The van der Waals surface area contributed by atoms with Crippen LogP contribution in [-0.4, -0.2) is 43.3 Å². The number of allylic oxidation sites excluding steroid dienone is 2. The van der Waals surface area contributed by atoms with E-state index in [0.29, 0.717) is 24.5 Å². The Bertz CT molecular complexity index is 999. The van der Waals surface area contributed by atoms with E-state index in [4.69, 9.17) is 20.8 Å². The number of aryl methyl sites for hydroxylation is 1. The number of nitrogens with one attached hydrogen (secondary N) is 1. The fraction of sp³-hybridized carbons (Fsp3) is 0.304. The van der Waals surface area contributed by atoms with Crippen LogP contribution in [0.3, 0.4) is 0 Å². The summed E-state index contributed by atoms with van der Waals surface area (Å²) < 4.78 is 10.7. The van der Waals surface area contributed by atoms with E-state index in [0.717, 1.165) is 42.1 Å². The summed E-state index contributed by atoms with van der Waals surface area (Å²) in [6.07, 6.45) is 7.26. The van der Waals surface area contributed by atoms with E-state index in [2.05, 4.69) is 21.5 Å². The molecule has 2 heterocycles. The minimum atomic E-state index is -0.277. The van der Waals surface area contributed by atoms with Gasteiger partial charge in [0.25, 0.3) is 5.91 Å². The summed E-state index contributed by atoms with van der Waals surface area (Å²) >= 11 is 6.02. The number of carbonyl (C=O) groups is 1. The smallest absolute Gasteiger partial charge is 0.274 e. The first-order valence-corrected chi connectivity index (χ1v) is 10.4. The number of furan rings is 1. The van der Waals surface area contributed by atoms with E-state index in [1.165, 1.54) is 17.5 Å². The zero-order chi connectivity index (χ0) is 20.9. The van der Waals surface area contributed by atoms with Crippen molar-refractivity contribution >= 4 is 29.8 Å². The molecule has 0 unspecified atom stereocenters. The van der Waals surface area contributed by atoms with Gasteiger partial charge in [0, 0.05) is 23.8 Å². The Hall–Kier alpha value is -2.83. The number of carbonyl (C=O) groups excluding carboxylic acids is 1. The largest absolute Gasteiger partial charge is 0.469 e. The highest BCUT2D eigenvalue weighted by molar-refractivity contribution is 6.30. The molecule has 1 saturated heterocycles. The molecule has 0 spiro atoms. The van der Waals surface area contributed by atoms with Gasteiger partial charge in [-0.1, -0.05) is 23.7 Å². The van der Waals surface area contributed by atoms with Gasteiger partial charge >= 0.3 is 0 Å². The van der Waals surface area contributed by atoms with Crippen LogP contribution < -0.4 is 5.43 Å². The Kier molecular flexibility index (Phi) is 6.35. The predicted octanol–water partition coefficient (Wildman–Crippen LogP) is 4.42. The summed E-state index contributed by atoms with van der Waals surface area (Å²) in [6, 6.07) is 9.48. The molecule has 0 saturated carbocycles. The van der Waals surface area contributed by atoms with Crippen molar-refractivity contribution in [3.05, 3.63) is 75.3 Å². The highest BCUT2D eigenvalue weighted by Crippen LogP contribution is 2.35. The van der Waals surface area contributed by atoms with Crippen LogP contribution in [0.5, 0.6) is 0 Å². The molecule has 1 amide bonds. The molecule has 0 bridgehead atoms. The number of nitrogens with zero attached hydrogens (tertiary/aromatic N) is 2. The predicted molar refractivity (Wildman–Crippen MR) is 117 cm³/mol. The highest BCUT2D eigenvalue weighted by atomic mass is 35.5. The van der Waals surface area contributed by atoms with Crippen molar-refractivity contribution in [1.82, 2.24) is 10.3 Å². The lowest BCUT2D eigenvalue weighted by molar-refractivity contribution is 0.0548. The van der Waals surface area contributed by atoms with Crippen LogP contribution in [0, 0.1) is 6.92 Å². The first-order chi connectivity index (χ1) is 14.6. The molecule has 0 atom stereocenters. The number of ether oxygens (including phenoxy) is 1. The van der Waals surface area contributed by atoms with Gasteiger partial charge in [-0.15, -0.1) is 0 Å². The molecule has 6 nitrogen and oxygen atoms in total. The van der Waals surface area contributed by atoms with Gasteiger partial charge in [0.2, 0.25) is 0 Å². The maximum Gasteiger partial charge on any atom is 0.274 e.